The van der Waals surface area contributed by atoms with Gasteiger partial charge in [-0.15, -0.1) is 0 Å². The van der Waals surface area contributed by atoms with Crippen LogP contribution in [0.15, 0.2) is 72.8 Å². The average Bonchev–Trinajstić information content (AvgIpc) is 2.67. The molecule has 0 amide bonds. The van der Waals surface area contributed by atoms with E-state index in [1.54, 1.807) is 30.3 Å². The van der Waals surface area contributed by atoms with Gasteiger partial charge in [-0.1, -0.05) is 60.3 Å². The number of carbonyl (C=O) groups is 2. The van der Waals surface area contributed by atoms with Gasteiger partial charge in [0.2, 0.25) is 0 Å². The summed E-state index contributed by atoms with van der Waals surface area (Å²) in [7, 11) is 0. The smallest absolute Gasteiger partial charge is 0.872 e. The Morgan fingerprint density at radius 1 is 0.724 bits per heavy atom. The van der Waals surface area contributed by atoms with Crippen molar-refractivity contribution in [1.82, 2.24) is 0 Å². The molecular weight excluding hydrogens is 385 g/mol. The predicted molar refractivity (Wildman–Crippen MR) is 106 cm³/mol. The van der Waals surface area contributed by atoms with E-state index < -0.39 is 17.7 Å². The molecule has 4 aromatic rings. The van der Waals surface area contributed by atoms with Crippen LogP contribution in [0.2, 0.25) is 0 Å². The number of carboxylic acids is 2. The van der Waals surface area contributed by atoms with E-state index in [0.717, 1.165) is 21.5 Å². The maximum Gasteiger partial charge on any atom is 2.00 e. The molecule has 0 aliphatic rings. The molecule has 0 heterocycles. The fourth-order valence-electron chi connectivity index (χ4n) is 2.78. The molecule has 0 aromatic heterocycles. The summed E-state index contributed by atoms with van der Waals surface area (Å²) in [6.45, 7) is 0. The van der Waals surface area contributed by atoms with Gasteiger partial charge in [-0.25, -0.2) is 4.79 Å². The summed E-state index contributed by atoms with van der Waals surface area (Å²) < 4.78 is 0. The summed E-state index contributed by atoms with van der Waals surface area (Å²) >= 11 is 0. The van der Waals surface area contributed by atoms with Crippen molar-refractivity contribution in [3.05, 3.63) is 83.9 Å². The molecule has 0 saturated carbocycles. The third kappa shape index (κ3) is 4.95. The van der Waals surface area contributed by atoms with E-state index in [1.165, 1.54) is 24.3 Å². The van der Waals surface area contributed by atoms with Crippen LogP contribution >= 0.6 is 0 Å². The van der Waals surface area contributed by atoms with Gasteiger partial charge < -0.3 is 25.2 Å². The maximum atomic E-state index is 11.3. The van der Waals surface area contributed by atoms with Gasteiger partial charge in [0, 0.05) is 0 Å². The maximum absolute atomic E-state index is 11.3. The van der Waals surface area contributed by atoms with Crippen molar-refractivity contribution < 1.29 is 30.0 Å². The molecule has 0 saturated heterocycles. The molecule has 0 unspecified atom stereocenters. The first-order valence-electron chi connectivity index (χ1n) is 8.23. The van der Waals surface area contributed by atoms with Crippen molar-refractivity contribution >= 4 is 56.5 Å². The zero-order valence-corrected chi connectivity index (χ0v) is 16.6. The third-order valence-corrected chi connectivity index (χ3v) is 4.16. The van der Waals surface area contributed by atoms with E-state index >= 15 is 0 Å². The van der Waals surface area contributed by atoms with Crippen LogP contribution in [0.5, 0.6) is 11.5 Å². The minimum atomic E-state index is -1.43. The molecule has 29 heavy (non-hydrogen) atoms. The normalized spacial score (nSPS) is 9.93. The summed E-state index contributed by atoms with van der Waals surface area (Å²) in [4.78, 5) is 21.3. The van der Waals surface area contributed by atoms with E-state index in [4.69, 9.17) is 5.11 Å². The van der Waals surface area contributed by atoms with Crippen LogP contribution in [-0.4, -0.2) is 45.2 Å². The molecule has 4 rings (SSSR count). The number of carbonyl (C=O) groups excluding carboxylic acids is 1. The van der Waals surface area contributed by atoms with Crippen LogP contribution < -0.4 is 10.2 Å². The molecule has 0 bridgehead atoms. The van der Waals surface area contributed by atoms with Crippen LogP contribution in [0.1, 0.15) is 20.7 Å². The Morgan fingerprint density at radius 2 is 1.14 bits per heavy atom. The van der Waals surface area contributed by atoms with Crippen molar-refractivity contribution in [2.24, 2.45) is 0 Å². The Kier molecular flexibility index (Phi) is 7.03. The fraction of sp³-hybridized carbons (Fsp3) is 0. The third-order valence-electron chi connectivity index (χ3n) is 4.16. The number of fused-ring (bicyclic) bond motifs is 2. The first-order valence-corrected chi connectivity index (χ1v) is 8.23. The van der Waals surface area contributed by atoms with Crippen molar-refractivity contribution in [2.45, 2.75) is 0 Å². The summed E-state index contributed by atoms with van der Waals surface area (Å²) in [6, 6.07) is 19.9. The zero-order chi connectivity index (χ0) is 20.3. The topological polar surface area (TPSA) is 121 Å². The van der Waals surface area contributed by atoms with E-state index in [2.05, 4.69) is 0 Å². The standard InChI is InChI=1S/2C11H8O3.Mg/c2*12-10-6-8-4-2-1-3-7(8)5-9(10)11(13)14;/h2*1-6,12H,(H,13,14);/q;;+2/p-2. The first-order chi connectivity index (χ1) is 13.4. The number of rotatable bonds is 2. The molecule has 0 radical (unpaired) electrons. The van der Waals surface area contributed by atoms with Crippen molar-refractivity contribution in [1.29, 1.82) is 0 Å². The Morgan fingerprint density at radius 3 is 1.59 bits per heavy atom. The predicted octanol–water partition coefficient (Wildman–Crippen LogP) is 2.14. The largest absolute Gasteiger partial charge is 2.00 e. The molecule has 6 nitrogen and oxygen atoms in total. The Bertz CT molecular complexity index is 1110. The number of hydrogen-bond donors (Lipinski definition) is 2. The molecule has 140 valence electrons. The second-order valence-electron chi connectivity index (χ2n) is 6.00. The zero-order valence-electron chi connectivity index (χ0n) is 15.2. The van der Waals surface area contributed by atoms with Gasteiger partial charge in [0.25, 0.3) is 0 Å². The molecule has 0 atom stereocenters. The number of benzene rings is 4. The Hall–Kier alpha value is -3.29. The Balaban J connectivity index is 0.000000200. The van der Waals surface area contributed by atoms with Crippen LogP contribution in [0, 0.1) is 0 Å². The van der Waals surface area contributed by atoms with Crippen molar-refractivity contribution in [2.75, 3.05) is 0 Å². The van der Waals surface area contributed by atoms with E-state index in [0.29, 0.717) is 0 Å². The summed E-state index contributed by atoms with van der Waals surface area (Å²) in [5.41, 5.74) is -0.354. The molecule has 0 spiro atoms. The molecule has 0 aliphatic heterocycles. The monoisotopic (exact) mass is 398 g/mol. The number of aromatic carboxylic acids is 2. The summed E-state index contributed by atoms with van der Waals surface area (Å²) in [6.07, 6.45) is 0. The van der Waals surface area contributed by atoms with Crippen LogP contribution in [0.4, 0.5) is 0 Å². The molecule has 2 N–H and O–H groups in total. The van der Waals surface area contributed by atoms with E-state index in [-0.39, 0.29) is 39.9 Å². The SMILES string of the molecule is O=C(O)c1cc2ccccc2cc1O.O=C([O-])c1cc2ccccc2cc1[O-].[Mg+2]. The van der Waals surface area contributed by atoms with Gasteiger partial charge in [0.1, 0.15) is 11.3 Å². The van der Waals surface area contributed by atoms with Gasteiger partial charge in [-0.3, -0.25) is 0 Å². The van der Waals surface area contributed by atoms with Crippen LogP contribution in [-0.2, 0) is 0 Å². The number of phenols is 1. The van der Waals surface area contributed by atoms with E-state index in [1.807, 2.05) is 18.2 Å². The average molecular weight is 399 g/mol. The molecular formula is C22H14MgO6. The van der Waals surface area contributed by atoms with Gasteiger partial charge in [-0.2, -0.15) is 0 Å². The second kappa shape index (κ2) is 9.27. The van der Waals surface area contributed by atoms with E-state index in [9.17, 15) is 24.9 Å². The fourth-order valence-corrected chi connectivity index (χ4v) is 2.78. The number of hydrogen-bond acceptors (Lipinski definition) is 5. The summed E-state index contributed by atoms with van der Waals surface area (Å²) in [5.74, 6) is -3.26. The molecule has 0 aliphatic carbocycles. The van der Waals surface area contributed by atoms with Gasteiger partial charge >= 0.3 is 29.0 Å². The quantitative estimate of drug-likeness (QED) is 0.499. The van der Waals surface area contributed by atoms with Crippen molar-refractivity contribution in [3.63, 3.8) is 0 Å². The number of carboxylic acid groups (broad SMARTS) is 2. The second-order valence-corrected chi connectivity index (χ2v) is 6.00. The molecule has 7 heteroatoms. The minimum absolute atomic E-state index is 0. The van der Waals surface area contributed by atoms with Gasteiger partial charge in [0.05, 0.1) is 5.97 Å². The summed E-state index contributed by atoms with van der Waals surface area (Å²) in [5, 5.41) is 43.1. The molecule has 4 aromatic carbocycles. The number of aromatic hydroxyl groups is 1. The first kappa shape index (κ1) is 22.0. The van der Waals surface area contributed by atoms with Crippen LogP contribution in [0.25, 0.3) is 21.5 Å². The van der Waals surface area contributed by atoms with Crippen LogP contribution in [0.3, 0.4) is 0 Å². The van der Waals surface area contributed by atoms with Crippen molar-refractivity contribution in [3.8, 4) is 11.5 Å². The minimum Gasteiger partial charge on any atom is -0.872 e. The van der Waals surface area contributed by atoms with Gasteiger partial charge in [-0.05, 0) is 45.3 Å². The molecule has 0 fully saturated rings. The Labute approximate surface area is 181 Å². The van der Waals surface area contributed by atoms with Gasteiger partial charge in [0.15, 0.2) is 0 Å².